The van der Waals surface area contributed by atoms with Crippen molar-refractivity contribution in [3.05, 3.63) is 17.5 Å². The number of likely N-dealkylation sites (N-methyl/N-ethyl adjacent to an activating group) is 1. The fourth-order valence-corrected chi connectivity index (χ4v) is 6.14. The lowest BCUT2D eigenvalue weighted by Gasteiger charge is -2.56. The maximum Gasteiger partial charge on any atom is 0.0596 e. The molecule has 0 radical (unpaired) electrons. The molecule has 1 aromatic rings. The minimum absolute atomic E-state index is 0.634. The fraction of sp³-hybridized carbons (Fsp3) is 0.833. The van der Waals surface area contributed by atoms with Crippen molar-refractivity contribution < 1.29 is 0 Å². The third-order valence-electron chi connectivity index (χ3n) is 6.66. The Morgan fingerprint density at radius 3 is 2.29 bits per heavy atom. The molecule has 0 aliphatic heterocycles. The molecule has 0 aromatic carbocycles. The average molecular weight is 287 g/mol. The zero-order valence-corrected chi connectivity index (χ0v) is 13.7. The first-order valence-electron chi connectivity index (χ1n) is 8.80. The topological polar surface area (TPSA) is 29.9 Å². The molecule has 0 saturated heterocycles. The van der Waals surface area contributed by atoms with Gasteiger partial charge in [0.2, 0.25) is 0 Å². The summed E-state index contributed by atoms with van der Waals surface area (Å²) >= 11 is 0. The predicted octanol–water partition coefficient (Wildman–Crippen LogP) is 2.93. The van der Waals surface area contributed by atoms with Crippen molar-refractivity contribution in [1.29, 1.82) is 0 Å². The first-order chi connectivity index (χ1) is 10.1. The molecule has 1 aromatic heterocycles. The third-order valence-corrected chi connectivity index (χ3v) is 6.66. The summed E-state index contributed by atoms with van der Waals surface area (Å²) in [6, 6.07) is 2.90. The molecule has 116 valence electrons. The van der Waals surface area contributed by atoms with Crippen LogP contribution in [-0.4, -0.2) is 22.9 Å². The number of aromatic nitrogens is 2. The van der Waals surface area contributed by atoms with Gasteiger partial charge in [-0.2, -0.15) is 5.10 Å². The van der Waals surface area contributed by atoms with Crippen molar-refractivity contribution in [3.63, 3.8) is 0 Å². The maximum atomic E-state index is 4.52. The molecule has 1 atom stereocenters. The zero-order chi connectivity index (χ0) is 14.6. The zero-order valence-electron chi connectivity index (χ0n) is 13.7. The number of hydrogen-bond donors (Lipinski definition) is 1. The highest BCUT2D eigenvalue weighted by molar-refractivity contribution is 5.12. The van der Waals surface area contributed by atoms with Gasteiger partial charge in [-0.25, -0.2) is 0 Å². The number of nitrogens with one attached hydrogen (secondary N) is 1. The molecular formula is C18H29N3. The standard InChI is InChI=1S/C18H29N3/c1-11-4-16(21(3)20-11)10-17(19-2)18-14-6-12-5-13(8-14)9-15(18)7-12/h4,12-15,17-19H,5-10H2,1-3H3. The average Bonchev–Trinajstić information content (AvgIpc) is 2.74. The summed E-state index contributed by atoms with van der Waals surface area (Å²) in [5.41, 5.74) is 2.54. The maximum absolute atomic E-state index is 4.52. The van der Waals surface area contributed by atoms with E-state index in [-0.39, 0.29) is 0 Å². The molecule has 4 aliphatic rings. The third kappa shape index (κ3) is 2.34. The molecule has 4 aliphatic carbocycles. The highest BCUT2D eigenvalue weighted by Gasteiger charge is 2.50. The van der Waals surface area contributed by atoms with Gasteiger partial charge in [0.05, 0.1) is 5.69 Å². The number of rotatable bonds is 4. The number of hydrogen-bond acceptors (Lipinski definition) is 2. The van der Waals surface area contributed by atoms with E-state index in [1.54, 1.807) is 6.42 Å². The van der Waals surface area contributed by atoms with Gasteiger partial charge in [-0.05, 0) is 81.7 Å². The SMILES string of the molecule is CNC(Cc1cc(C)nn1C)C1C2CC3CC(C2)CC1C3. The Balaban J connectivity index is 1.54. The first kappa shape index (κ1) is 13.8. The van der Waals surface area contributed by atoms with Gasteiger partial charge in [0.1, 0.15) is 0 Å². The van der Waals surface area contributed by atoms with Crippen LogP contribution in [0, 0.1) is 36.5 Å². The van der Waals surface area contributed by atoms with Crippen molar-refractivity contribution in [3.8, 4) is 0 Å². The van der Waals surface area contributed by atoms with Gasteiger partial charge in [-0.1, -0.05) is 0 Å². The number of aryl methyl sites for hydroxylation is 2. The van der Waals surface area contributed by atoms with Crippen LogP contribution in [0.25, 0.3) is 0 Å². The lowest BCUT2D eigenvalue weighted by atomic mass is 9.50. The van der Waals surface area contributed by atoms with Crippen LogP contribution in [0.15, 0.2) is 6.07 Å². The molecule has 4 saturated carbocycles. The van der Waals surface area contributed by atoms with Gasteiger partial charge in [0.25, 0.3) is 0 Å². The van der Waals surface area contributed by atoms with E-state index in [2.05, 4.69) is 42.2 Å². The van der Waals surface area contributed by atoms with Crippen LogP contribution in [0.2, 0.25) is 0 Å². The van der Waals surface area contributed by atoms with Crippen molar-refractivity contribution in [1.82, 2.24) is 15.1 Å². The Bertz CT molecular complexity index is 491. The second kappa shape index (κ2) is 5.12. The van der Waals surface area contributed by atoms with Gasteiger partial charge < -0.3 is 5.32 Å². The minimum Gasteiger partial charge on any atom is -0.316 e. The lowest BCUT2D eigenvalue weighted by molar-refractivity contribution is -0.0509. The molecule has 1 heterocycles. The van der Waals surface area contributed by atoms with Gasteiger partial charge >= 0.3 is 0 Å². The summed E-state index contributed by atoms with van der Waals surface area (Å²) in [6.07, 6.45) is 8.74. The molecule has 3 nitrogen and oxygen atoms in total. The van der Waals surface area contributed by atoms with Crippen LogP contribution in [0.1, 0.15) is 43.5 Å². The summed E-state index contributed by atoms with van der Waals surface area (Å²) in [5, 5.41) is 8.20. The van der Waals surface area contributed by atoms with E-state index in [0.717, 1.165) is 41.7 Å². The second-order valence-electron chi connectivity index (χ2n) is 8.01. The lowest BCUT2D eigenvalue weighted by Crippen LogP contribution is -2.53. The quantitative estimate of drug-likeness (QED) is 0.923. The Labute approximate surface area is 128 Å². The Morgan fingerprint density at radius 1 is 1.19 bits per heavy atom. The molecule has 21 heavy (non-hydrogen) atoms. The van der Waals surface area contributed by atoms with Crippen LogP contribution >= 0.6 is 0 Å². The predicted molar refractivity (Wildman–Crippen MR) is 85.0 cm³/mol. The largest absolute Gasteiger partial charge is 0.316 e. The van der Waals surface area contributed by atoms with Crippen molar-refractivity contribution >= 4 is 0 Å². The second-order valence-corrected chi connectivity index (χ2v) is 8.01. The van der Waals surface area contributed by atoms with Gasteiger partial charge in [-0.3, -0.25) is 4.68 Å². The van der Waals surface area contributed by atoms with E-state index in [9.17, 15) is 0 Å². The molecule has 1 N–H and O–H groups in total. The van der Waals surface area contributed by atoms with E-state index >= 15 is 0 Å². The van der Waals surface area contributed by atoms with Crippen molar-refractivity contribution in [2.24, 2.45) is 36.6 Å². The summed E-state index contributed by atoms with van der Waals surface area (Å²) in [6.45, 7) is 2.10. The fourth-order valence-electron chi connectivity index (χ4n) is 6.14. The summed E-state index contributed by atoms with van der Waals surface area (Å²) < 4.78 is 2.08. The summed E-state index contributed by atoms with van der Waals surface area (Å²) in [4.78, 5) is 0. The summed E-state index contributed by atoms with van der Waals surface area (Å²) in [5.74, 6) is 5.03. The van der Waals surface area contributed by atoms with E-state index < -0.39 is 0 Å². The molecular weight excluding hydrogens is 258 g/mol. The van der Waals surface area contributed by atoms with Crippen LogP contribution < -0.4 is 5.32 Å². The monoisotopic (exact) mass is 287 g/mol. The molecule has 3 heteroatoms. The molecule has 1 unspecified atom stereocenters. The van der Waals surface area contributed by atoms with Crippen LogP contribution in [0.4, 0.5) is 0 Å². The van der Waals surface area contributed by atoms with Crippen LogP contribution in [-0.2, 0) is 13.5 Å². The molecule has 0 amide bonds. The van der Waals surface area contributed by atoms with Crippen molar-refractivity contribution in [2.45, 2.75) is 51.5 Å². The van der Waals surface area contributed by atoms with Crippen molar-refractivity contribution in [2.75, 3.05) is 7.05 Å². The Kier molecular flexibility index (Phi) is 3.36. The van der Waals surface area contributed by atoms with Gasteiger partial charge in [-0.15, -0.1) is 0 Å². The Hall–Kier alpha value is -0.830. The highest BCUT2D eigenvalue weighted by Crippen LogP contribution is 2.57. The van der Waals surface area contributed by atoms with E-state index in [4.69, 9.17) is 0 Å². The number of nitrogens with zero attached hydrogens (tertiary/aromatic N) is 2. The Morgan fingerprint density at radius 2 is 1.81 bits per heavy atom. The molecule has 4 bridgehead atoms. The van der Waals surface area contributed by atoms with Crippen LogP contribution in [0.3, 0.4) is 0 Å². The molecule has 0 spiro atoms. The minimum atomic E-state index is 0.634. The van der Waals surface area contributed by atoms with E-state index in [0.29, 0.717) is 6.04 Å². The highest BCUT2D eigenvalue weighted by atomic mass is 15.3. The van der Waals surface area contributed by atoms with Crippen LogP contribution in [0.5, 0.6) is 0 Å². The first-order valence-corrected chi connectivity index (χ1v) is 8.80. The molecule has 5 rings (SSSR count). The van der Waals surface area contributed by atoms with E-state index in [1.807, 2.05) is 0 Å². The normalized spacial score (nSPS) is 38.9. The van der Waals surface area contributed by atoms with Gasteiger partial charge in [0, 0.05) is 25.2 Å². The smallest absolute Gasteiger partial charge is 0.0596 e. The van der Waals surface area contributed by atoms with E-state index in [1.165, 1.54) is 31.4 Å². The van der Waals surface area contributed by atoms with Gasteiger partial charge in [0.15, 0.2) is 0 Å². The summed E-state index contributed by atoms with van der Waals surface area (Å²) in [7, 11) is 4.25. The molecule has 4 fully saturated rings.